The molecule has 1 aliphatic carbocycles. The van der Waals surface area contributed by atoms with Crippen molar-refractivity contribution in [3.8, 4) is 0 Å². The van der Waals surface area contributed by atoms with Crippen molar-refractivity contribution >= 4 is 23.0 Å². The van der Waals surface area contributed by atoms with Crippen molar-refractivity contribution in [3.63, 3.8) is 0 Å². The summed E-state index contributed by atoms with van der Waals surface area (Å²) in [6.07, 6.45) is 2.21. The third kappa shape index (κ3) is 2.72. The van der Waals surface area contributed by atoms with E-state index >= 15 is 0 Å². The Morgan fingerprint density at radius 2 is 2.30 bits per heavy atom. The molecule has 0 atom stereocenters. The van der Waals surface area contributed by atoms with Crippen molar-refractivity contribution in [2.45, 2.75) is 25.3 Å². The van der Waals surface area contributed by atoms with Gasteiger partial charge in [0.05, 0.1) is 11.5 Å². The molecule has 0 spiro atoms. The van der Waals surface area contributed by atoms with Crippen molar-refractivity contribution < 1.29 is 9.45 Å². The van der Waals surface area contributed by atoms with Crippen molar-refractivity contribution in [2.24, 2.45) is 0 Å². The van der Waals surface area contributed by atoms with Crippen molar-refractivity contribution in [1.29, 1.82) is 0 Å². The van der Waals surface area contributed by atoms with E-state index in [1.54, 1.807) is 6.07 Å². The second-order valence-corrected chi connectivity index (χ2v) is 5.00. The SMILES string of the molecule is O=[N+]([O-])c1cc(NCc2nc(C3CC3)no2)ccc1Cl. The van der Waals surface area contributed by atoms with Crippen molar-refractivity contribution in [2.75, 3.05) is 5.32 Å². The Morgan fingerprint density at radius 1 is 1.50 bits per heavy atom. The van der Waals surface area contributed by atoms with E-state index in [2.05, 4.69) is 15.5 Å². The van der Waals surface area contributed by atoms with Gasteiger partial charge in [0, 0.05) is 17.7 Å². The summed E-state index contributed by atoms with van der Waals surface area (Å²) >= 11 is 5.74. The Kier molecular flexibility index (Phi) is 3.27. The summed E-state index contributed by atoms with van der Waals surface area (Å²) in [5.41, 5.74) is 0.438. The summed E-state index contributed by atoms with van der Waals surface area (Å²) < 4.78 is 5.11. The van der Waals surface area contributed by atoms with E-state index in [0.29, 0.717) is 24.0 Å². The largest absolute Gasteiger partial charge is 0.376 e. The van der Waals surface area contributed by atoms with E-state index in [1.165, 1.54) is 12.1 Å². The Balaban J connectivity index is 1.67. The zero-order chi connectivity index (χ0) is 14.1. The minimum atomic E-state index is -0.522. The molecule has 0 bridgehead atoms. The van der Waals surface area contributed by atoms with E-state index in [1.807, 2.05) is 0 Å². The first-order valence-electron chi connectivity index (χ1n) is 6.14. The van der Waals surface area contributed by atoms with Gasteiger partial charge in [0.15, 0.2) is 5.82 Å². The molecule has 1 saturated carbocycles. The third-order valence-electron chi connectivity index (χ3n) is 3.01. The van der Waals surface area contributed by atoms with Crippen molar-refractivity contribution in [1.82, 2.24) is 10.1 Å². The topological polar surface area (TPSA) is 94.1 Å². The molecule has 1 aromatic carbocycles. The monoisotopic (exact) mass is 294 g/mol. The van der Waals surface area contributed by atoms with Crippen LogP contribution in [0.3, 0.4) is 0 Å². The molecule has 20 heavy (non-hydrogen) atoms. The Morgan fingerprint density at radius 3 is 3.00 bits per heavy atom. The lowest BCUT2D eigenvalue weighted by atomic mass is 10.3. The molecule has 0 radical (unpaired) electrons. The van der Waals surface area contributed by atoms with Crippen LogP contribution >= 0.6 is 11.6 Å². The number of nitrogens with zero attached hydrogens (tertiary/aromatic N) is 3. The van der Waals surface area contributed by atoms with Gasteiger partial charge in [-0.15, -0.1) is 0 Å². The fraction of sp³-hybridized carbons (Fsp3) is 0.333. The second-order valence-electron chi connectivity index (χ2n) is 4.60. The molecule has 104 valence electrons. The van der Waals surface area contributed by atoms with E-state index in [4.69, 9.17) is 16.1 Å². The van der Waals surface area contributed by atoms with Gasteiger partial charge in [-0.05, 0) is 25.0 Å². The van der Waals surface area contributed by atoms with Crippen molar-refractivity contribution in [3.05, 3.63) is 45.1 Å². The van der Waals surface area contributed by atoms with Crippen LogP contribution in [0.1, 0.15) is 30.5 Å². The van der Waals surface area contributed by atoms with Gasteiger partial charge in [0.2, 0.25) is 5.89 Å². The Hall–Kier alpha value is -2.15. The predicted molar refractivity (Wildman–Crippen MR) is 71.7 cm³/mol. The molecule has 1 N–H and O–H groups in total. The maximum absolute atomic E-state index is 10.8. The van der Waals surface area contributed by atoms with Gasteiger partial charge in [0.25, 0.3) is 5.69 Å². The van der Waals surface area contributed by atoms with Crippen LogP contribution in [-0.2, 0) is 6.54 Å². The zero-order valence-electron chi connectivity index (χ0n) is 10.4. The first-order valence-corrected chi connectivity index (χ1v) is 6.51. The highest BCUT2D eigenvalue weighted by molar-refractivity contribution is 6.32. The number of halogens is 1. The van der Waals surface area contributed by atoms with Crippen LogP contribution in [-0.4, -0.2) is 15.1 Å². The summed E-state index contributed by atoms with van der Waals surface area (Å²) in [7, 11) is 0. The number of nitro benzene ring substituents is 1. The second kappa shape index (κ2) is 5.09. The molecule has 2 aromatic rings. The first-order chi connectivity index (χ1) is 9.63. The van der Waals surface area contributed by atoms with Gasteiger partial charge in [0.1, 0.15) is 5.02 Å². The number of rotatable bonds is 5. The number of hydrogen-bond acceptors (Lipinski definition) is 6. The lowest BCUT2D eigenvalue weighted by Gasteiger charge is -2.03. The Bertz CT molecular complexity index is 654. The lowest BCUT2D eigenvalue weighted by molar-refractivity contribution is -0.384. The molecule has 8 heteroatoms. The van der Waals surface area contributed by atoms with Crippen LogP contribution in [0, 0.1) is 10.1 Å². The van der Waals surface area contributed by atoms with Crippen LogP contribution < -0.4 is 5.32 Å². The predicted octanol–water partition coefficient (Wildman–Crippen LogP) is 3.12. The average Bonchev–Trinajstić information content (AvgIpc) is 3.17. The van der Waals surface area contributed by atoms with Crippen LogP contribution in [0.25, 0.3) is 0 Å². The van der Waals surface area contributed by atoms with Gasteiger partial charge < -0.3 is 9.84 Å². The number of hydrogen-bond donors (Lipinski definition) is 1. The third-order valence-corrected chi connectivity index (χ3v) is 3.33. The maximum Gasteiger partial charge on any atom is 0.289 e. The van der Waals surface area contributed by atoms with E-state index in [9.17, 15) is 10.1 Å². The molecule has 0 amide bonds. The minimum Gasteiger partial charge on any atom is -0.376 e. The normalized spacial score (nSPS) is 14.2. The first kappa shape index (κ1) is 12.9. The molecule has 0 aliphatic heterocycles. The molecular formula is C12H11ClN4O3. The fourth-order valence-electron chi connectivity index (χ4n) is 1.79. The lowest BCUT2D eigenvalue weighted by Crippen LogP contribution is -2.00. The van der Waals surface area contributed by atoms with Crippen LogP contribution in [0.5, 0.6) is 0 Å². The summed E-state index contributed by atoms with van der Waals surface area (Å²) in [4.78, 5) is 14.5. The summed E-state index contributed by atoms with van der Waals surface area (Å²) in [6, 6.07) is 4.51. The molecule has 1 fully saturated rings. The van der Waals surface area contributed by atoms with Gasteiger partial charge in [-0.1, -0.05) is 16.8 Å². The number of aromatic nitrogens is 2. The average molecular weight is 295 g/mol. The van der Waals surface area contributed by atoms with Crippen LogP contribution in [0.4, 0.5) is 11.4 Å². The maximum atomic E-state index is 10.8. The number of anilines is 1. The summed E-state index contributed by atoms with van der Waals surface area (Å²) in [6.45, 7) is 0.318. The molecule has 0 unspecified atom stereocenters. The van der Waals surface area contributed by atoms with Crippen LogP contribution in [0.2, 0.25) is 5.02 Å². The molecule has 1 aliphatic rings. The van der Waals surface area contributed by atoms with E-state index < -0.39 is 4.92 Å². The van der Waals surface area contributed by atoms with E-state index in [0.717, 1.165) is 18.7 Å². The Labute approximate surface area is 119 Å². The molecular weight excluding hydrogens is 284 g/mol. The molecule has 1 heterocycles. The standard InChI is InChI=1S/C12H11ClN4O3/c13-9-4-3-8(5-10(9)17(18)19)14-6-11-15-12(16-20-11)7-1-2-7/h3-5,7,14H,1-2,6H2. The number of nitrogens with one attached hydrogen (secondary N) is 1. The summed E-state index contributed by atoms with van der Waals surface area (Å²) in [5.74, 6) is 1.64. The van der Waals surface area contributed by atoms with E-state index in [-0.39, 0.29) is 10.7 Å². The summed E-state index contributed by atoms with van der Waals surface area (Å²) in [5, 5.41) is 17.8. The highest BCUT2D eigenvalue weighted by atomic mass is 35.5. The smallest absolute Gasteiger partial charge is 0.289 e. The molecule has 3 rings (SSSR count). The quantitative estimate of drug-likeness (QED) is 0.672. The molecule has 7 nitrogen and oxygen atoms in total. The highest BCUT2D eigenvalue weighted by Gasteiger charge is 2.28. The minimum absolute atomic E-state index is 0.106. The zero-order valence-corrected chi connectivity index (χ0v) is 11.1. The fourth-order valence-corrected chi connectivity index (χ4v) is 1.97. The van der Waals surface area contributed by atoms with Gasteiger partial charge in [-0.2, -0.15) is 4.98 Å². The van der Waals surface area contributed by atoms with Gasteiger partial charge in [-0.3, -0.25) is 10.1 Å². The van der Waals surface area contributed by atoms with Gasteiger partial charge >= 0.3 is 0 Å². The highest BCUT2D eigenvalue weighted by Crippen LogP contribution is 2.38. The number of benzene rings is 1. The van der Waals surface area contributed by atoms with Gasteiger partial charge in [-0.25, -0.2) is 0 Å². The molecule has 1 aromatic heterocycles. The van der Waals surface area contributed by atoms with Crippen LogP contribution in [0.15, 0.2) is 22.7 Å². The number of nitro groups is 1. The molecule has 0 saturated heterocycles.